The quantitative estimate of drug-likeness (QED) is 0.696. The largest absolute Gasteiger partial charge is 0.461 e. The highest BCUT2D eigenvalue weighted by Gasteiger charge is 2.26. The molecule has 80 valence electrons. The fraction of sp³-hybridized carbons (Fsp3) is 0.444. The second-order valence-corrected chi connectivity index (χ2v) is 3.14. The smallest absolute Gasteiger partial charge is 0.358 e. The van der Waals surface area contributed by atoms with Crippen molar-refractivity contribution in [2.75, 3.05) is 18.5 Å². The minimum atomic E-state index is -0.492. The number of ether oxygens (including phenoxy) is 1. The number of rotatable bonds is 2. The van der Waals surface area contributed by atoms with Crippen LogP contribution in [0.15, 0.2) is 0 Å². The molecule has 0 aromatic carbocycles. The highest BCUT2D eigenvalue weighted by molar-refractivity contribution is 6.06. The monoisotopic (exact) mass is 209 g/mol. The Morgan fingerprint density at radius 1 is 1.60 bits per heavy atom. The number of carbonyl (C=O) groups is 2. The minimum Gasteiger partial charge on any atom is -0.461 e. The summed E-state index contributed by atoms with van der Waals surface area (Å²) in [5, 5.41) is 9.29. The third-order valence-electron chi connectivity index (χ3n) is 2.16. The van der Waals surface area contributed by atoms with E-state index >= 15 is 0 Å². The molecule has 1 aliphatic heterocycles. The molecule has 0 saturated carbocycles. The summed E-state index contributed by atoms with van der Waals surface area (Å²) in [6, 6.07) is 0. The van der Waals surface area contributed by atoms with Crippen LogP contribution in [0.25, 0.3) is 0 Å². The summed E-state index contributed by atoms with van der Waals surface area (Å²) in [4.78, 5) is 22.8. The third kappa shape index (κ3) is 1.58. The van der Waals surface area contributed by atoms with Crippen molar-refractivity contribution in [3.05, 3.63) is 11.4 Å². The fourth-order valence-electron chi connectivity index (χ4n) is 1.49. The van der Waals surface area contributed by atoms with Crippen LogP contribution in [0, 0.1) is 0 Å². The third-order valence-corrected chi connectivity index (χ3v) is 2.16. The first-order chi connectivity index (χ1) is 7.24. The minimum absolute atomic E-state index is 0.0597. The van der Waals surface area contributed by atoms with Crippen LogP contribution in [0.5, 0.6) is 0 Å². The van der Waals surface area contributed by atoms with Crippen LogP contribution in [0.3, 0.4) is 0 Å². The molecule has 2 rings (SSSR count). The molecule has 0 fully saturated rings. The van der Waals surface area contributed by atoms with E-state index in [1.807, 2.05) is 0 Å². The molecule has 6 heteroatoms. The maximum atomic E-state index is 11.4. The van der Waals surface area contributed by atoms with Gasteiger partial charge in [0.1, 0.15) is 0 Å². The van der Waals surface area contributed by atoms with E-state index in [2.05, 4.69) is 15.5 Å². The van der Waals surface area contributed by atoms with Crippen molar-refractivity contribution in [3.63, 3.8) is 0 Å². The number of H-pyrrole nitrogens is 1. The van der Waals surface area contributed by atoms with E-state index in [0.717, 1.165) is 0 Å². The first kappa shape index (κ1) is 9.70. The molecule has 6 nitrogen and oxygen atoms in total. The zero-order valence-electron chi connectivity index (χ0n) is 8.29. The van der Waals surface area contributed by atoms with Gasteiger partial charge in [-0.2, -0.15) is 5.10 Å². The number of hydrogen-bond donors (Lipinski definition) is 2. The topological polar surface area (TPSA) is 84.1 Å². The summed E-state index contributed by atoms with van der Waals surface area (Å²) in [7, 11) is 0. The van der Waals surface area contributed by atoms with Gasteiger partial charge in [-0.3, -0.25) is 9.89 Å². The van der Waals surface area contributed by atoms with Crippen molar-refractivity contribution in [2.45, 2.75) is 13.3 Å². The fourth-order valence-corrected chi connectivity index (χ4v) is 1.49. The zero-order chi connectivity index (χ0) is 10.8. The first-order valence-corrected chi connectivity index (χ1v) is 4.76. The van der Waals surface area contributed by atoms with E-state index < -0.39 is 5.97 Å². The molecular weight excluding hydrogens is 198 g/mol. The summed E-state index contributed by atoms with van der Waals surface area (Å²) in [5.41, 5.74) is 0.980. The molecule has 1 aromatic heterocycles. The van der Waals surface area contributed by atoms with Gasteiger partial charge in [-0.15, -0.1) is 0 Å². The summed E-state index contributed by atoms with van der Waals surface area (Å²) in [5.74, 6) is -0.552. The normalized spacial score (nSPS) is 14.3. The number of fused-ring (bicyclic) bond motifs is 1. The average Bonchev–Trinajstić information content (AvgIpc) is 2.63. The van der Waals surface area contributed by atoms with Crippen LogP contribution in [0.1, 0.15) is 34.3 Å². The van der Waals surface area contributed by atoms with Crippen molar-refractivity contribution in [1.29, 1.82) is 0 Å². The number of nitrogens with one attached hydrogen (secondary N) is 2. The molecule has 0 bridgehead atoms. The SMILES string of the molecule is CCOC(=O)c1[nH]nc2c1NCCC2=O. The van der Waals surface area contributed by atoms with Gasteiger partial charge in [0.2, 0.25) is 0 Å². The van der Waals surface area contributed by atoms with E-state index in [1.165, 1.54) is 0 Å². The summed E-state index contributed by atoms with van der Waals surface area (Å²) in [6.07, 6.45) is 0.403. The lowest BCUT2D eigenvalue weighted by Gasteiger charge is -2.12. The van der Waals surface area contributed by atoms with E-state index in [4.69, 9.17) is 4.74 Å². The van der Waals surface area contributed by atoms with Gasteiger partial charge < -0.3 is 10.1 Å². The van der Waals surface area contributed by atoms with Gasteiger partial charge >= 0.3 is 5.97 Å². The number of Topliss-reactive ketones (excluding diaryl/α,β-unsaturated/α-hetero) is 1. The average molecular weight is 209 g/mol. The van der Waals surface area contributed by atoms with E-state index in [9.17, 15) is 9.59 Å². The predicted octanol–water partition coefficient (Wildman–Crippen LogP) is 0.585. The Morgan fingerprint density at radius 2 is 2.40 bits per heavy atom. The van der Waals surface area contributed by atoms with Crippen molar-refractivity contribution < 1.29 is 14.3 Å². The van der Waals surface area contributed by atoms with Gasteiger partial charge in [-0.1, -0.05) is 0 Å². The summed E-state index contributed by atoms with van der Waals surface area (Å²) < 4.78 is 4.83. The van der Waals surface area contributed by atoms with Crippen LogP contribution in [-0.4, -0.2) is 35.1 Å². The molecule has 0 aliphatic carbocycles. The number of aromatic amines is 1. The Labute approximate surface area is 86.0 Å². The number of aromatic nitrogens is 2. The lowest BCUT2D eigenvalue weighted by Crippen LogP contribution is -2.19. The second kappa shape index (κ2) is 3.72. The molecule has 15 heavy (non-hydrogen) atoms. The summed E-state index contributed by atoms with van der Waals surface area (Å²) >= 11 is 0. The van der Waals surface area contributed by atoms with Crippen molar-refractivity contribution in [2.24, 2.45) is 0 Å². The first-order valence-electron chi connectivity index (χ1n) is 4.76. The molecule has 0 unspecified atom stereocenters. The predicted molar refractivity (Wildman–Crippen MR) is 52.0 cm³/mol. The van der Waals surface area contributed by atoms with Gasteiger partial charge in [0.15, 0.2) is 17.2 Å². The van der Waals surface area contributed by atoms with Crippen molar-refractivity contribution in [1.82, 2.24) is 10.2 Å². The lowest BCUT2D eigenvalue weighted by atomic mass is 10.1. The Morgan fingerprint density at radius 3 is 3.13 bits per heavy atom. The van der Waals surface area contributed by atoms with Crippen LogP contribution in [-0.2, 0) is 4.74 Å². The standard InChI is InChI=1S/C9H11N3O3/c1-2-15-9(14)8-7-6(11-12-8)5(13)3-4-10-7/h10H,2-4H2,1H3,(H,11,12). The van der Waals surface area contributed by atoms with Crippen molar-refractivity contribution in [3.8, 4) is 0 Å². The number of ketones is 1. The number of carbonyl (C=O) groups excluding carboxylic acids is 2. The Balaban J connectivity index is 2.34. The molecule has 0 saturated heterocycles. The van der Waals surface area contributed by atoms with Gasteiger partial charge in [-0.25, -0.2) is 4.79 Å². The number of anilines is 1. The number of esters is 1. The number of nitrogens with zero attached hydrogens (tertiary/aromatic N) is 1. The maximum absolute atomic E-state index is 11.4. The van der Waals surface area contributed by atoms with E-state index in [1.54, 1.807) is 6.92 Å². The van der Waals surface area contributed by atoms with E-state index in [-0.39, 0.29) is 11.5 Å². The van der Waals surface area contributed by atoms with Crippen LogP contribution < -0.4 is 5.32 Å². The molecule has 2 heterocycles. The molecule has 0 atom stereocenters. The maximum Gasteiger partial charge on any atom is 0.358 e. The van der Waals surface area contributed by atoms with Crippen LogP contribution >= 0.6 is 0 Å². The van der Waals surface area contributed by atoms with Gasteiger partial charge in [0.05, 0.1) is 12.3 Å². The summed E-state index contributed by atoms with van der Waals surface area (Å²) in [6.45, 7) is 2.54. The molecule has 0 spiro atoms. The van der Waals surface area contributed by atoms with E-state index in [0.29, 0.717) is 31.0 Å². The van der Waals surface area contributed by atoms with Gasteiger partial charge in [0.25, 0.3) is 0 Å². The highest BCUT2D eigenvalue weighted by Crippen LogP contribution is 2.23. The molecule has 0 amide bonds. The van der Waals surface area contributed by atoms with Crippen molar-refractivity contribution >= 4 is 17.4 Å². The second-order valence-electron chi connectivity index (χ2n) is 3.14. The lowest BCUT2D eigenvalue weighted by molar-refractivity contribution is 0.0520. The molecule has 1 aliphatic rings. The zero-order valence-corrected chi connectivity index (χ0v) is 8.29. The molecule has 2 N–H and O–H groups in total. The molecule has 0 radical (unpaired) electrons. The van der Waals surface area contributed by atoms with Gasteiger partial charge in [0, 0.05) is 13.0 Å². The Hall–Kier alpha value is -1.85. The Bertz CT molecular complexity index is 411. The Kier molecular flexibility index (Phi) is 2.40. The van der Waals surface area contributed by atoms with Crippen LogP contribution in [0.2, 0.25) is 0 Å². The van der Waals surface area contributed by atoms with Gasteiger partial charge in [-0.05, 0) is 6.92 Å². The molecular formula is C9H11N3O3. The number of hydrogen-bond acceptors (Lipinski definition) is 5. The highest BCUT2D eigenvalue weighted by atomic mass is 16.5. The molecule has 1 aromatic rings. The van der Waals surface area contributed by atoms with Crippen LogP contribution in [0.4, 0.5) is 5.69 Å².